The Morgan fingerprint density at radius 2 is 1.77 bits per heavy atom. The SMILES string of the molecule is Cc1cc(CNCCCP(=O)(O)O)c(F)cc1SCCCCCc1ccc(F)cc1. The van der Waals surface area contributed by atoms with E-state index in [9.17, 15) is 13.3 Å². The Kier molecular flexibility index (Phi) is 10.5. The maximum Gasteiger partial charge on any atom is 0.325 e. The number of unbranched alkanes of at least 4 members (excludes halogenated alkanes) is 2. The summed E-state index contributed by atoms with van der Waals surface area (Å²) >= 11 is 1.66. The minimum Gasteiger partial charge on any atom is -0.324 e. The van der Waals surface area contributed by atoms with Gasteiger partial charge >= 0.3 is 7.60 Å². The van der Waals surface area contributed by atoms with Crippen molar-refractivity contribution in [2.45, 2.75) is 50.5 Å². The fourth-order valence-corrected chi connectivity index (χ4v) is 4.70. The van der Waals surface area contributed by atoms with Gasteiger partial charge in [0.15, 0.2) is 0 Å². The Balaban J connectivity index is 1.67. The fourth-order valence-electron chi connectivity index (χ4n) is 3.09. The van der Waals surface area contributed by atoms with Crippen LogP contribution in [0.2, 0.25) is 0 Å². The second-order valence-electron chi connectivity index (χ2n) is 7.41. The number of nitrogens with one attached hydrogen (secondary N) is 1. The molecule has 0 aliphatic rings. The molecule has 0 saturated carbocycles. The molecule has 0 radical (unpaired) electrons. The number of benzene rings is 2. The van der Waals surface area contributed by atoms with Crippen molar-refractivity contribution in [1.82, 2.24) is 5.32 Å². The second kappa shape index (κ2) is 12.6. The van der Waals surface area contributed by atoms with Crippen molar-refractivity contribution in [2.24, 2.45) is 0 Å². The fraction of sp³-hybridized carbons (Fsp3) is 0.455. The van der Waals surface area contributed by atoms with Gasteiger partial charge in [0, 0.05) is 17.0 Å². The van der Waals surface area contributed by atoms with Crippen LogP contribution in [0.15, 0.2) is 41.3 Å². The van der Waals surface area contributed by atoms with Gasteiger partial charge in [-0.3, -0.25) is 4.57 Å². The third-order valence-electron chi connectivity index (χ3n) is 4.74. The molecule has 0 heterocycles. The molecular weight excluding hydrogens is 427 g/mol. The summed E-state index contributed by atoms with van der Waals surface area (Å²) in [5, 5.41) is 3.03. The highest BCUT2D eigenvalue weighted by molar-refractivity contribution is 7.99. The molecule has 30 heavy (non-hydrogen) atoms. The first kappa shape index (κ1) is 25.0. The lowest BCUT2D eigenvalue weighted by molar-refractivity contribution is 0.371. The molecule has 0 saturated heterocycles. The third kappa shape index (κ3) is 9.71. The van der Waals surface area contributed by atoms with E-state index in [1.807, 2.05) is 25.1 Å². The summed E-state index contributed by atoms with van der Waals surface area (Å²) in [6.45, 7) is 2.73. The van der Waals surface area contributed by atoms with Gasteiger partial charge in [-0.1, -0.05) is 24.6 Å². The number of thioether (sulfide) groups is 1. The zero-order chi connectivity index (χ0) is 22.0. The predicted octanol–water partition coefficient (Wildman–Crippen LogP) is 5.44. The van der Waals surface area contributed by atoms with Crippen LogP contribution in [0.1, 0.15) is 42.4 Å². The van der Waals surface area contributed by atoms with Crippen LogP contribution < -0.4 is 5.32 Å². The lowest BCUT2D eigenvalue weighted by Crippen LogP contribution is -2.17. The van der Waals surface area contributed by atoms with E-state index in [0.717, 1.165) is 47.5 Å². The first-order valence-electron chi connectivity index (χ1n) is 10.2. The monoisotopic (exact) mass is 457 g/mol. The minimum absolute atomic E-state index is 0.166. The molecule has 0 amide bonds. The average molecular weight is 458 g/mol. The van der Waals surface area contributed by atoms with Crippen LogP contribution >= 0.6 is 19.4 Å². The zero-order valence-corrected chi connectivity index (χ0v) is 19.0. The molecule has 2 rings (SSSR count). The molecule has 0 atom stereocenters. The highest BCUT2D eigenvalue weighted by Gasteiger charge is 2.12. The van der Waals surface area contributed by atoms with Crippen LogP contribution in [0.3, 0.4) is 0 Å². The van der Waals surface area contributed by atoms with E-state index in [1.54, 1.807) is 17.8 Å². The topological polar surface area (TPSA) is 69.6 Å². The number of rotatable bonds is 13. The van der Waals surface area contributed by atoms with Gasteiger partial charge in [-0.25, -0.2) is 8.78 Å². The second-order valence-corrected chi connectivity index (χ2v) is 10.3. The maximum atomic E-state index is 14.4. The van der Waals surface area contributed by atoms with Gasteiger partial charge in [-0.15, -0.1) is 11.8 Å². The highest BCUT2D eigenvalue weighted by Crippen LogP contribution is 2.34. The smallest absolute Gasteiger partial charge is 0.324 e. The standard InChI is InChI=1S/C22H30F2NO3PS/c1-17-14-19(16-25-11-5-12-29(26,27)28)21(24)15-22(17)30-13-4-2-3-6-18-7-9-20(23)10-8-18/h7-10,14-15,25H,2-6,11-13,16H2,1H3,(H2,26,27,28). The van der Waals surface area contributed by atoms with Gasteiger partial charge in [-0.2, -0.15) is 0 Å². The van der Waals surface area contributed by atoms with Gasteiger partial charge in [-0.05, 0) is 74.2 Å². The Morgan fingerprint density at radius 1 is 1.03 bits per heavy atom. The first-order chi connectivity index (χ1) is 14.2. The quantitative estimate of drug-likeness (QED) is 0.212. The van der Waals surface area contributed by atoms with Crippen LogP contribution in [0.4, 0.5) is 8.78 Å². The van der Waals surface area contributed by atoms with Crippen LogP contribution in [0.5, 0.6) is 0 Å². The summed E-state index contributed by atoms with van der Waals surface area (Å²) in [5.74, 6) is 0.449. The van der Waals surface area contributed by atoms with Crippen molar-refractivity contribution < 1.29 is 23.1 Å². The van der Waals surface area contributed by atoms with E-state index in [1.165, 1.54) is 12.1 Å². The molecule has 8 heteroatoms. The van der Waals surface area contributed by atoms with Crippen LogP contribution in [0.25, 0.3) is 0 Å². The predicted molar refractivity (Wildman–Crippen MR) is 119 cm³/mol. The van der Waals surface area contributed by atoms with Crippen LogP contribution in [-0.2, 0) is 17.5 Å². The summed E-state index contributed by atoms with van der Waals surface area (Å²) < 4.78 is 38.1. The summed E-state index contributed by atoms with van der Waals surface area (Å²) in [5.41, 5.74) is 2.74. The minimum atomic E-state index is -3.97. The van der Waals surface area contributed by atoms with Crippen molar-refractivity contribution in [3.63, 3.8) is 0 Å². The lowest BCUT2D eigenvalue weighted by Gasteiger charge is -2.11. The van der Waals surface area contributed by atoms with Crippen molar-refractivity contribution in [1.29, 1.82) is 0 Å². The van der Waals surface area contributed by atoms with Crippen LogP contribution in [0, 0.1) is 18.6 Å². The Morgan fingerprint density at radius 3 is 2.47 bits per heavy atom. The molecule has 0 spiro atoms. The average Bonchev–Trinajstić information content (AvgIpc) is 2.68. The molecule has 0 aliphatic carbocycles. The zero-order valence-electron chi connectivity index (χ0n) is 17.2. The summed E-state index contributed by atoms with van der Waals surface area (Å²) in [6.07, 6.45) is 4.28. The van der Waals surface area contributed by atoms with Gasteiger partial charge in [0.05, 0.1) is 6.16 Å². The van der Waals surface area contributed by atoms with Gasteiger partial charge in [0.25, 0.3) is 0 Å². The van der Waals surface area contributed by atoms with Gasteiger partial charge in [0.2, 0.25) is 0 Å². The van der Waals surface area contributed by atoms with E-state index in [2.05, 4.69) is 5.32 Å². The van der Waals surface area contributed by atoms with Crippen molar-refractivity contribution in [2.75, 3.05) is 18.5 Å². The van der Waals surface area contributed by atoms with E-state index in [-0.39, 0.29) is 17.8 Å². The molecule has 0 unspecified atom stereocenters. The normalized spacial score (nSPS) is 11.8. The summed E-state index contributed by atoms with van der Waals surface area (Å²) in [4.78, 5) is 18.6. The van der Waals surface area contributed by atoms with Gasteiger partial charge in [0.1, 0.15) is 11.6 Å². The summed E-state index contributed by atoms with van der Waals surface area (Å²) in [7, 11) is -3.97. The van der Waals surface area contributed by atoms with E-state index in [4.69, 9.17) is 9.79 Å². The van der Waals surface area contributed by atoms with Crippen molar-refractivity contribution in [3.05, 3.63) is 64.7 Å². The molecule has 0 bridgehead atoms. The van der Waals surface area contributed by atoms with E-state index in [0.29, 0.717) is 25.1 Å². The van der Waals surface area contributed by atoms with Gasteiger partial charge < -0.3 is 15.1 Å². The molecule has 2 aromatic rings. The number of hydrogen-bond donors (Lipinski definition) is 3. The number of halogens is 2. The first-order valence-corrected chi connectivity index (χ1v) is 12.9. The van der Waals surface area contributed by atoms with Crippen molar-refractivity contribution >= 4 is 19.4 Å². The largest absolute Gasteiger partial charge is 0.325 e. The Hall–Kier alpha value is -1.24. The number of hydrogen-bond acceptors (Lipinski definition) is 3. The molecule has 2 aromatic carbocycles. The Bertz CT molecular complexity index is 843. The lowest BCUT2D eigenvalue weighted by atomic mass is 10.1. The molecule has 3 N–H and O–H groups in total. The molecule has 0 aliphatic heterocycles. The molecule has 166 valence electrons. The Labute approximate surface area is 181 Å². The summed E-state index contributed by atoms with van der Waals surface area (Å²) in [6, 6.07) is 10.0. The molecule has 4 nitrogen and oxygen atoms in total. The van der Waals surface area contributed by atoms with E-state index < -0.39 is 7.60 Å². The number of aryl methyl sites for hydroxylation is 2. The van der Waals surface area contributed by atoms with Crippen LogP contribution in [-0.4, -0.2) is 28.2 Å². The van der Waals surface area contributed by atoms with Crippen molar-refractivity contribution in [3.8, 4) is 0 Å². The highest BCUT2D eigenvalue weighted by atomic mass is 32.2. The third-order valence-corrected chi connectivity index (χ3v) is 6.89. The van der Waals surface area contributed by atoms with E-state index >= 15 is 0 Å². The molecule has 0 aromatic heterocycles. The molecular formula is C22H30F2NO3PS. The maximum absolute atomic E-state index is 14.4. The molecule has 0 fully saturated rings.